The zero-order chi connectivity index (χ0) is 18.9. The Morgan fingerprint density at radius 2 is 1.79 bits per heavy atom. The van der Waals surface area contributed by atoms with Crippen LogP contribution in [-0.2, 0) is 16.0 Å². The fraction of sp³-hybridized carbons (Fsp3) is 0.727. The van der Waals surface area contributed by atoms with Gasteiger partial charge in [0.05, 0.1) is 32.5 Å². The van der Waals surface area contributed by atoms with Crippen LogP contribution in [0.1, 0.15) is 18.4 Å². The van der Waals surface area contributed by atoms with Crippen molar-refractivity contribution in [3.05, 3.63) is 23.8 Å². The van der Waals surface area contributed by atoms with Crippen LogP contribution in [0.4, 0.5) is 0 Å². The lowest BCUT2D eigenvalue weighted by molar-refractivity contribution is 0.0320. The molecule has 0 radical (unpaired) electrons. The van der Waals surface area contributed by atoms with Gasteiger partial charge in [-0.3, -0.25) is 9.80 Å². The molecular weight excluding hydrogens is 356 g/mol. The molecule has 1 aromatic rings. The predicted octanol–water partition coefficient (Wildman–Crippen LogP) is 2.02. The van der Waals surface area contributed by atoms with Crippen LogP contribution in [0.25, 0.3) is 0 Å². The molecule has 6 heteroatoms. The molecule has 0 aliphatic carbocycles. The van der Waals surface area contributed by atoms with Gasteiger partial charge in [0.25, 0.3) is 0 Å². The number of nitrogens with zero attached hydrogens (tertiary/aromatic N) is 2. The van der Waals surface area contributed by atoms with Crippen molar-refractivity contribution in [2.24, 2.45) is 11.8 Å². The van der Waals surface area contributed by atoms with Crippen LogP contribution in [-0.4, -0.2) is 81.7 Å². The second kappa shape index (κ2) is 8.19. The van der Waals surface area contributed by atoms with Gasteiger partial charge >= 0.3 is 0 Å². The van der Waals surface area contributed by atoms with Gasteiger partial charge in [0.1, 0.15) is 6.61 Å². The lowest BCUT2D eigenvalue weighted by atomic mass is 9.82. The highest BCUT2D eigenvalue weighted by atomic mass is 16.5. The highest BCUT2D eigenvalue weighted by Crippen LogP contribution is 2.47. The SMILES string of the molecule is COc1cccc(CN2C[C@@H]3[C@H](C2)[C@H]2CC[C@@H]3O2)c1OCCN1CCOCC1. The van der Waals surface area contributed by atoms with E-state index in [1.54, 1.807) is 7.11 Å². The summed E-state index contributed by atoms with van der Waals surface area (Å²) >= 11 is 0. The number of fused-ring (bicyclic) bond motifs is 5. The first kappa shape index (κ1) is 18.7. The Morgan fingerprint density at radius 3 is 2.50 bits per heavy atom. The fourth-order valence-electron chi connectivity index (χ4n) is 5.53. The summed E-state index contributed by atoms with van der Waals surface area (Å²) < 4.78 is 23.4. The maximum Gasteiger partial charge on any atom is 0.165 e. The summed E-state index contributed by atoms with van der Waals surface area (Å²) in [5.74, 6) is 3.21. The summed E-state index contributed by atoms with van der Waals surface area (Å²) in [5.41, 5.74) is 1.23. The van der Waals surface area contributed by atoms with Gasteiger partial charge in [-0.2, -0.15) is 0 Å². The fourth-order valence-corrected chi connectivity index (χ4v) is 5.53. The smallest absolute Gasteiger partial charge is 0.165 e. The van der Waals surface area contributed by atoms with Crippen molar-refractivity contribution in [3.8, 4) is 11.5 Å². The second-order valence-corrected chi connectivity index (χ2v) is 8.56. The topological polar surface area (TPSA) is 43.4 Å². The zero-order valence-electron chi connectivity index (χ0n) is 16.8. The molecule has 2 bridgehead atoms. The maximum absolute atomic E-state index is 6.26. The first-order chi connectivity index (χ1) is 13.8. The number of hydrogen-bond acceptors (Lipinski definition) is 6. The van der Waals surface area contributed by atoms with Crippen LogP contribution in [0, 0.1) is 11.8 Å². The molecule has 0 aromatic heterocycles. The molecule has 6 nitrogen and oxygen atoms in total. The van der Waals surface area contributed by atoms with Crippen LogP contribution >= 0.6 is 0 Å². The quantitative estimate of drug-likeness (QED) is 0.712. The van der Waals surface area contributed by atoms with E-state index in [0.29, 0.717) is 18.8 Å². The molecule has 4 heterocycles. The Hall–Kier alpha value is -1.34. The van der Waals surface area contributed by atoms with Gasteiger partial charge in [0.2, 0.25) is 0 Å². The van der Waals surface area contributed by atoms with Crippen molar-refractivity contribution >= 4 is 0 Å². The van der Waals surface area contributed by atoms with Crippen molar-refractivity contribution in [3.63, 3.8) is 0 Å². The van der Waals surface area contributed by atoms with Crippen molar-refractivity contribution in [2.75, 3.05) is 59.7 Å². The maximum atomic E-state index is 6.26. The largest absolute Gasteiger partial charge is 0.493 e. The van der Waals surface area contributed by atoms with E-state index < -0.39 is 0 Å². The van der Waals surface area contributed by atoms with E-state index in [0.717, 1.165) is 75.8 Å². The third-order valence-electron chi connectivity index (χ3n) is 6.96. The Labute approximate surface area is 167 Å². The van der Waals surface area contributed by atoms with Crippen molar-refractivity contribution in [1.82, 2.24) is 9.80 Å². The molecule has 0 saturated carbocycles. The highest BCUT2D eigenvalue weighted by Gasteiger charge is 2.52. The van der Waals surface area contributed by atoms with Crippen LogP contribution in [0.3, 0.4) is 0 Å². The van der Waals surface area contributed by atoms with Gasteiger partial charge in [-0.05, 0) is 18.9 Å². The van der Waals surface area contributed by atoms with Gasteiger partial charge in [-0.15, -0.1) is 0 Å². The summed E-state index contributed by atoms with van der Waals surface area (Å²) in [6.45, 7) is 8.45. The number of likely N-dealkylation sites (tertiary alicyclic amines) is 1. The minimum atomic E-state index is 0.509. The molecule has 0 N–H and O–H groups in total. The van der Waals surface area contributed by atoms with Gasteiger partial charge in [0.15, 0.2) is 11.5 Å². The molecule has 0 unspecified atom stereocenters. The number of rotatable bonds is 7. The van der Waals surface area contributed by atoms with Gasteiger partial charge in [0, 0.05) is 56.7 Å². The third kappa shape index (κ3) is 3.63. The average molecular weight is 389 g/mol. The molecule has 28 heavy (non-hydrogen) atoms. The summed E-state index contributed by atoms with van der Waals surface area (Å²) in [4.78, 5) is 4.99. The lowest BCUT2D eigenvalue weighted by Crippen LogP contribution is -2.38. The van der Waals surface area contributed by atoms with Crippen LogP contribution in [0.5, 0.6) is 11.5 Å². The molecule has 4 fully saturated rings. The van der Waals surface area contributed by atoms with E-state index in [4.69, 9.17) is 18.9 Å². The highest BCUT2D eigenvalue weighted by molar-refractivity contribution is 5.46. The van der Waals surface area contributed by atoms with Gasteiger partial charge in [-0.25, -0.2) is 0 Å². The van der Waals surface area contributed by atoms with Crippen molar-refractivity contribution < 1.29 is 18.9 Å². The first-order valence-corrected chi connectivity index (χ1v) is 10.8. The zero-order valence-corrected chi connectivity index (χ0v) is 16.8. The van der Waals surface area contributed by atoms with Gasteiger partial charge in [-0.1, -0.05) is 12.1 Å². The molecule has 4 atom stereocenters. The Bertz CT molecular complexity index is 661. The number of methoxy groups -OCH3 is 1. The van der Waals surface area contributed by atoms with E-state index in [1.165, 1.54) is 18.4 Å². The Morgan fingerprint density at radius 1 is 1.04 bits per heavy atom. The number of para-hydroxylation sites is 1. The summed E-state index contributed by atoms with van der Waals surface area (Å²) in [6.07, 6.45) is 3.54. The normalized spacial score (nSPS) is 32.6. The third-order valence-corrected chi connectivity index (χ3v) is 6.96. The van der Waals surface area contributed by atoms with Crippen LogP contribution in [0.2, 0.25) is 0 Å². The summed E-state index contributed by atoms with van der Waals surface area (Å²) in [7, 11) is 1.73. The summed E-state index contributed by atoms with van der Waals surface area (Å²) in [5, 5.41) is 0. The average Bonchev–Trinajstić information content (AvgIpc) is 3.43. The van der Waals surface area contributed by atoms with E-state index in [2.05, 4.69) is 21.9 Å². The van der Waals surface area contributed by atoms with E-state index in [1.807, 2.05) is 6.07 Å². The standard InChI is InChI=1S/C22H32N2O4/c1-25-21-4-2-3-16(22(21)27-12-9-23-7-10-26-11-8-23)13-24-14-17-18(15-24)20-6-5-19(17)28-20/h2-4,17-20H,5-15H2,1H3/t17-,18+,19+,20-. The number of benzene rings is 1. The Kier molecular flexibility index (Phi) is 5.46. The second-order valence-electron chi connectivity index (χ2n) is 8.56. The molecule has 4 saturated heterocycles. The number of ether oxygens (including phenoxy) is 4. The number of hydrogen-bond donors (Lipinski definition) is 0. The molecule has 4 aliphatic rings. The predicted molar refractivity (Wildman–Crippen MR) is 106 cm³/mol. The molecule has 1 aromatic carbocycles. The number of morpholine rings is 1. The molecule has 5 rings (SSSR count). The molecule has 0 spiro atoms. The summed E-state index contributed by atoms with van der Waals surface area (Å²) in [6, 6.07) is 6.26. The molecule has 154 valence electrons. The molecular formula is C22H32N2O4. The molecule has 0 amide bonds. The van der Waals surface area contributed by atoms with E-state index in [-0.39, 0.29) is 0 Å². The van der Waals surface area contributed by atoms with Crippen molar-refractivity contribution in [1.29, 1.82) is 0 Å². The van der Waals surface area contributed by atoms with Crippen LogP contribution < -0.4 is 9.47 Å². The minimum Gasteiger partial charge on any atom is -0.493 e. The lowest BCUT2D eigenvalue weighted by Gasteiger charge is -2.27. The Balaban J connectivity index is 1.23. The molecule has 4 aliphatic heterocycles. The van der Waals surface area contributed by atoms with E-state index >= 15 is 0 Å². The van der Waals surface area contributed by atoms with Crippen LogP contribution in [0.15, 0.2) is 18.2 Å². The first-order valence-electron chi connectivity index (χ1n) is 10.8. The van der Waals surface area contributed by atoms with Crippen molar-refractivity contribution in [2.45, 2.75) is 31.6 Å². The monoisotopic (exact) mass is 388 g/mol. The van der Waals surface area contributed by atoms with Gasteiger partial charge < -0.3 is 18.9 Å². The minimum absolute atomic E-state index is 0.509. The van der Waals surface area contributed by atoms with E-state index in [9.17, 15) is 0 Å².